The van der Waals surface area contributed by atoms with E-state index in [1.165, 1.54) is 0 Å². The third kappa shape index (κ3) is 3.21. The van der Waals surface area contributed by atoms with E-state index >= 15 is 0 Å². The minimum Gasteiger partial charge on any atom is -0.447 e. The van der Waals surface area contributed by atoms with Crippen LogP contribution in [0.15, 0.2) is 12.2 Å². The van der Waals surface area contributed by atoms with E-state index in [4.69, 9.17) is 11.5 Å². The Hall–Kier alpha value is -0.870. The second kappa shape index (κ2) is 4.96. The van der Waals surface area contributed by atoms with Crippen molar-refractivity contribution in [2.24, 2.45) is 11.5 Å². The summed E-state index contributed by atoms with van der Waals surface area (Å²) in [6.45, 7) is 3.75. The molecule has 4 N–H and O–H groups in total. The standard InChI is InChI=1S/C6H12N2O2/c1-5(2-3-7)6(9)10-4-8/h1-4,7-8H2. The van der Waals surface area contributed by atoms with Crippen molar-refractivity contribution in [1.29, 1.82) is 0 Å². The molecule has 0 heterocycles. The molecule has 0 bridgehead atoms. The number of carbonyl (C=O) groups excluding carboxylic acids is 1. The molecule has 0 amide bonds. The quantitative estimate of drug-likeness (QED) is 0.312. The fourth-order valence-corrected chi connectivity index (χ4v) is 0.454. The zero-order valence-corrected chi connectivity index (χ0v) is 5.80. The average Bonchev–Trinajstić information content (AvgIpc) is 1.89. The fraction of sp³-hybridized carbons (Fsp3) is 0.500. The average molecular weight is 144 g/mol. The van der Waals surface area contributed by atoms with Gasteiger partial charge in [-0.2, -0.15) is 0 Å². The highest BCUT2D eigenvalue weighted by molar-refractivity contribution is 5.87. The summed E-state index contributed by atoms with van der Waals surface area (Å²) in [7, 11) is 0. The van der Waals surface area contributed by atoms with Crippen molar-refractivity contribution in [3.8, 4) is 0 Å². The van der Waals surface area contributed by atoms with Crippen molar-refractivity contribution in [3.63, 3.8) is 0 Å². The Labute approximate surface area is 59.8 Å². The molecule has 0 aliphatic rings. The van der Waals surface area contributed by atoms with Crippen LogP contribution in [0.1, 0.15) is 6.42 Å². The first kappa shape index (κ1) is 9.13. The minimum atomic E-state index is -0.465. The third-order valence-electron chi connectivity index (χ3n) is 0.949. The lowest BCUT2D eigenvalue weighted by atomic mass is 10.2. The molecule has 0 unspecified atom stereocenters. The molecule has 0 rings (SSSR count). The highest BCUT2D eigenvalue weighted by Gasteiger charge is 2.04. The van der Waals surface area contributed by atoms with Gasteiger partial charge in [0.05, 0.1) is 0 Å². The van der Waals surface area contributed by atoms with Crippen LogP contribution in [0.25, 0.3) is 0 Å². The van der Waals surface area contributed by atoms with Gasteiger partial charge in [-0.15, -0.1) is 0 Å². The summed E-state index contributed by atoms with van der Waals surface area (Å²) in [6.07, 6.45) is 0.457. The summed E-state index contributed by atoms with van der Waals surface area (Å²) >= 11 is 0. The Kier molecular flexibility index (Phi) is 4.53. The number of rotatable bonds is 4. The molecule has 0 aliphatic carbocycles. The molecule has 0 spiro atoms. The molecule has 0 radical (unpaired) electrons. The Bertz CT molecular complexity index is 118. The van der Waals surface area contributed by atoms with Crippen LogP contribution < -0.4 is 11.5 Å². The SMILES string of the molecule is C=C(CCN)C(=O)OCN. The summed E-state index contributed by atoms with van der Waals surface area (Å²) in [4.78, 5) is 10.7. The minimum absolute atomic E-state index is 0.109. The van der Waals surface area contributed by atoms with Gasteiger partial charge >= 0.3 is 5.97 Å². The molecule has 0 aromatic heterocycles. The molecular weight excluding hydrogens is 132 g/mol. The Morgan fingerprint density at radius 2 is 2.10 bits per heavy atom. The largest absolute Gasteiger partial charge is 0.447 e. The van der Waals surface area contributed by atoms with Gasteiger partial charge in [0.25, 0.3) is 0 Å². The smallest absolute Gasteiger partial charge is 0.334 e. The molecule has 0 saturated carbocycles. The molecule has 4 heteroatoms. The van der Waals surface area contributed by atoms with Crippen LogP contribution in [0.2, 0.25) is 0 Å². The normalized spacial score (nSPS) is 9.00. The highest BCUT2D eigenvalue weighted by Crippen LogP contribution is 1.97. The van der Waals surface area contributed by atoms with Gasteiger partial charge in [-0.05, 0) is 13.0 Å². The molecule has 0 fully saturated rings. The van der Waals surface area contributed by atoms with E-state index in [1.807, 2.05) is 0 Å². The van der Waals surface area contributed by atoms with E-state index < -0.39 is 5.97 Å². The number of ether oxygens (including phenoxy) is 1. The van der Waals surface area contributed by atoms with E-state index in [9.17, 15) is 4.79 Å². The van der Waals surface area contributed by atoms with Crippen molar-refractivity contribution in [1.82, 2.24) is 0 Å². The van der Waals surface area contributed by atoms with Gasteiger partial charge in [-0.1, -0.05) is 6.58 Å². The van der Waals surface area contributed by atoms with Crippen LogP contribution in [0.4, 0.5) is 0 Å². The number of carbonyl (C=O) groups is 1. The molecule has 0 atom stereocenters. The van der Waals surface area contributed by atoms with Gasteiger partial charge in [0.1, 0.15) is 6.73 Å². The molecule has 58 valence electrons. The van der Waals surface area contributed by atoms with Crippen LogP contribution >= 0.6 is 0 Å². The summed E-state index contributed by atoms with van der Waals surface area (Å²) in [6, 6.07) is 0. The Morgan fingerprint density at radius 3 is 2.50 bits per heavy atom. The molecule has 4 nitrogen and oxygen atoms in total. The molecule has 10 heavy (non-hydrogen) atoms. The van der Waals surface area contributed by atoms with Crippen LogP contribution in [0.3, 0.4) is 0 Å². The number of esters is 1. The van der Waals surface area contributed by atoms with Crippen LogP contribution in [0, 0.1) is 0 Å². The maximum absolute atomic E-state index is 10.7. The maximum atomic E-state index is 10.7. The van der Waals surface area contributed by atoms with Crippen LogP contribution in [0.5, 0.6) is 0 Å². The van der Waals surface area contributed by atoms with Crippen LogP contribution in [-0.4, -0.2) is 19.2 Å². The lowest BCUT2D eigenvalue weighted by molar-refractivity contribution is -0.138. The zero-order chi connectivity index (χ0) is 7.98. The second-order valence-corrected chi connectivity index (χ2v) is 1.74. The summed E-state index contributed by atoms with van der Waals surface area (Å²) in [5.74, 6) is -0.465. The monoisotopic (exact) mass is 144 g/mol. The first-order chi connectivity index (χ1) is 4.72. The number of hydrogen-bond acceptors (Lipinski definition) is 4. The summed E-state index contributed by atoms with van der Waals surface area (Å²) in [5.41, 5.74) is 10.5. The van der Waals surface area contributed by atoms with E-state index in [1.54, 1.807) is 0 Å². The predicted octanol–water partition coefficient (Wildman–Crippen LogP) is -0.649. The van der Waals surface area contributed by atoms with Crippen molar-refractivity contribution in [2.75, 3.05) is 13.3 Å². The van der Waals surface area contributed by atoms with Gasteiger partial charge in [0.2, 0.25) is 0 Å². The first-order valence-corrected chi connectivity index (χ1v) is 2.97. The summed E-state index contributed by atoms with van der Waals surface area (Å²) in [5, 5.41) is 0. The lowest BCUT2D eigenvalue weighted by Gasteiger charge is -2.01. The van der Waals surface area contributed by atoms with Crippen LogP contribution in [-0.2, 0) is 9.53 Å². The zero-order valence-electron chi connectivity index (χ0n) is 5.80. The third-order valence-corrected chi connectivity index (χ3v) is 0.949. The van der Waals surface area contributed by atoms with Gasteiger partial charge in [-0.3, -0.25) is 5.73 Å². The van der Waals surface area contributed by atoms with Gasteiger partial charge in [0.15, 0.2) is 0 Å². The van der Waals surface area contributed by atoms with E-state index in [-0.39, 0.29) is 6.73 Å². The Morgan fingerprint density at radius 1 is 1.50 bits per heavy atom. The predicted molar refractivity (Wildman–Crippen MR) is 38.0 cm³/mol. The van der Waals surface area contributed by atoms with Crippen molar-refractivity contribution in [2.45, 2.75) is 6.42 Å². The lowest BCUT2D eigenvalue weighted by Crippen LogP contribution is -2.15. The van der Waals surface area contributed by atoms with E-state index in [2.05, 4.69) is 11.3 Å². The van der Waals surface area contributed by atoms with Crippen molar-refractivity contribution >= 4 is 5.97 Å². The van der Waals surface area contributed by atoms with E-state index in [0.717, 1.165) is 0 Å². The molecule has 0 aromatic rings. The maximum Gasteiger partial charge on any atom is 0.334 e. The summed E-state index contributed by atoms with van der Waals surface area (Å²) < 4.78 is 4.44. The van der Waals surface area contributed by atoms with Gasteiger partial charge in [0, 0.05) is 5.57 Å². The van der Waals surface area contributed by atoms with Crippen molar-refractivity contribution in [3.05, 3.63) is 12.2 Å². The Balaban J connectivity index is 3.60. The fourth-order valence-electron chi connectivity index (χ4n) is 0.454. The highest BCUT2D eigenvalue weighted by atomic mass is 16.5. The number of nitrogens with two attached hydrogens (primary N) is 2. The molecule has 0 saturated heterocycles. The topological polar surface area (TPSA) is 78.3 Å². The number of hydrogen-bond donors (Lipinski definition) is 2. The molecule has 0 aliphatic heterocycles. The first-order valence-electron chi connectivity index (χ1n) is 2.97. The van der Waals surface area contributed by atoms with E-state index in [0.29, 0.717) is 18.5 Å². The molecule has 0 aromatic carbocycles. The molecular formula is C6H12N2O2. The van der Waals surface area contributed by atoms with Gasteiger partial charge < -0.3 is 10.5 Å². The van der Waals surface area contributed by atoms with Gasteiger partial charge in [-0.25, -0.2) is 4.79 Å². The second-order valence-electron chi connectivity index (χ2n) is 1.74. The van der Waals surface area contributed by atoms with Crippen molar-refractivity contribution < 1.29 is 9.53 Å².